The molecule has 34 heavy (non-hydrogen) atoms. The molecule has 3 rings (SSSR count). The summed E-state index contributed by atoms with van der Waals surface area (Å²) in [5.74, 6) is -3.38. The number of Topliss-reactive ketones (excluding diaryl/α,β-unsaturated/α-hetero) is 1. The number of methoxy groups -OCH3 is 1. The summed E-state index contributed by atoms with van der Waals surface area (Å²) in [4.78, 5) is 43.8. The zero-order chi connectivity index (χ0) is 25.2. The fourth-order valence-electron chi connectivity index (χ4n) is 4.51. The summed E-state index contributed by atoms with van der Waals surface area (Å²) in [7, 11) is 1.23. The van der Waals surface area contributed by atoms with Crippen LogP contribution < -0.4 is 10.0 Å². The average Bonchev–Trinajstić information content (AvgIpc) is 3.26. The van der Waals surface area contributed by atoms with Crippen molar-refractivity contribution in [3.05, 3.63) is 63.7 Å². The molecule has 1 saturated heterocycles. The Morgan fingerprint density at radius 3 is 2.35 bits per heavy atom. The molecule has 1 atom stereocenters. The first-order valence-electron chi connectivity index (χ1n) is 11.3. The Morgan fingerprint density at radius 2 is 1.79 bits per heavy atom. The number of hydrogen-bond donors (Lipinski definition) is 2. The molecule has 1 aliphatic rings. The Balaban J connectivity index is 2.17. The van der Waals surface area contributed by atoms with Crippen molar-refractivity contribution in [1.29, 1.82) is 0 Å². The molecular formula is C25H30FN3O5. The number of carbonyl (C=O) groups excluding carboxylic acids is 3. The second kappa shape index (κ2) is 10.2. The van der Waals surface area contributed by atoms with Gasteiger partial charge in [0.05, 0.1) is 39.3 Å². The summed E-state index contributed by atoms with van der Waals surface area (Å²) in [6.45, 7) is 9.82. The number of esters is 1. The maximum Gasteiger partial charge on any atom is 0.354 e. The monoisotopic (exact) mass is 471 g/mol. The van der Waals surface area contributed by atoms with Gasteiger partial charge in [-0.05, 0) is 56.5 Å². The number of nitrogens with one attached hydrogen (secondary N) is 2. The molecule has 1 fully saturated rings. The Kier molecular flexibility index (Phi) is 7.56. The van der Waals surface area contributed by atoms with Gasteiger partial charge in [-0.3, -0.25) is 9.59 Å². The minimum absolute atomic E-state index is 0.112. The smallest absolute Gasteiger partial charge is 0.354 e. The molecule has 1 aromatic carbocycles. The number of carbonyl (C=O) groups is 3. The quantitative estimate of drug-likeness (QED) is 0.255. The van der Waals surface area contributed by atoms with E-state index in [9.17, 15) is 23.9 Å². The largest absolute Gasteiger partial charge is 0.872 e. The second-order valence-corrected chi connectivity index (χ2v) is 8.35. The van der Waals surface area contributed by atoms with Crippen LogP contribution in [0.5, 0.6) is 0 Å². The van der Waals surface area contributed by atoms with Gasteiger partial charge in [-0.2, -0.15) is 0 Å². The van der Waals surface area contributed by atoms with Crippen LogP contribution in [0.2, 0.25) is 0 Å². The summed E-state index contributed by atoms with van der Waals surface area (Å²) in [5, 5.41) is 13.7. The van der Waals surface area contributed by atoms with Gasteiger partial charge >= 0.3 is 5.97 Å². The Labute approximate surface area is 198 Å². The van der Waals surface area contributed by atoms with Gasteiger partial charge in [0.25, 0.3) is 5.91 Å². The fourth-order valence-corrected chi connectivity index (χ4v) is 4.51. The minimum atomic E-state index is -0.946. The van der Waals surface area contributed by atoms with Gasteiger partial charge in [0.1, 0.15) is 11.5 Å². The van der Waals surface area contributed by atoms with Crippen LogP contribution in [0.4, 0.5) is 4.39 Å². The van der Waals surface area contributed by atoms with Crippen molar-refractivity contribution in [2.24, 2.45) is 0 Å². The minimum Gasteiger partial charge on any atom is -0.872 e. The number of halogens is 1. The molecule has 182 valence electrons. The van der Waals surface area contributed by atoms with Crippen LogP contribution in [-0.2, 0) is 14.3 Å². The van der Waals surface area contributed by atoms with E-state index in [2.05, 4.69) is 4.98 Å². The Morgan fingerprint density at radius 1 is 1.18 bits per heavy atom. The number of ether oxygens (including phenoxy) is 1. The van der Waals surface area contributed by atoms with Gasteiger partial charge in [0.2, 0.25) is 5.78 Å². The Bertz CT molecular complexity index is 1130. The van der Waals surface area contributed by atoms with Crippen molar-refractivity contribution in [1.82, 2.24) is 9.88 Å². The van der Waals surface area contributed by atoms with E-state index in [-0.39, 0.29) is 23.4 Å². The average molecular weight is 472 g/mol. The molecule has 0 bridgehead atoms. The molecule has 1 aromatic heterocycles. The molecule has 8 nitrogen and oxygen atoms in total. The first kappa shape index (κ1) is 25.2. The molecule has 0 aliphatic carbocycles. The number of aromatic nitrogens is 1. The number of amides is 1. The van der Waals surface area contributed by atoms with Gasteiger partial charge in [0, 0.05) is 11.3 Å². The number of H-pyrrole nitrogens is 1. The van der Waals surface area contributed by atoms with Crippen LogP contribution in [0.25, 0.3) is 5.76 Å². The molecule has 1 unspecified atom stereocenters. The number of likely N-dealkylation sites (N-methyl/N-ethyl adjacent to an activating group) is 1. The molecule has 9 heteroatoms. The highest BCUT2D eigenvalue weighted by Crippen LogP contribution is 2.39. The van der Waals surface area contributed by atoms with E-state index in [1.54, 1.807) is 13.8 Å². The Hall–Kier alpha value is -3.46. The number of quaternary nitrogens is 1. The predicted molar refractivity (Wildman–Crippen MR) is 121 cm³/mol. The lowest BCUT2D eigenvalue weighted by Gasteiger charge is -2.28. The molecular weight excluding hydrogens is 441 g/mol. The number of aryl methyl sites for hydroxylation is 1. The summed E-state index contributed by atoms with van der Waals surface area (Å²) >= 11 is 0. The summed E-state index contributed by atoms with van der Waals surface area (Å²) in [6, 6.07) is 4.49. The number of rotatable bonds is 8. The number of aromatic amines is 1. The third-order valence-electron chi connectivity index (χ3n) is 6.48. The predicted octanol–water partition coefficient (Wildman–Crippen LogP) is 0.706. The van der Waals surface area contributed by atoms with Crippen LogP contribution in [0.1, 0.15) is 52.8 Å². The van der Waals surface area contributed by atoms with Crippen LogP contribution >= 0.6 is 0 Å². The molecule has 0 saturated carbocycles. The maximum atomic E-state index is 13.7. The van der Waals surface area contributed by atoms with Crippen LogP contribution in [-0.4, -0.2) is 60.8 Å². The van der Waals surface area contributed by atoms with Gasteiger partial charge in [-0.15, -0.1) is 0 Å². The highest BCUT2D eigenvalue weighted by molar-refractivity contribution is 6.46. The number of hydrogen-bond acceptors (Lipinski definition) is 5. The fraction of sp³-hybridized carbons (Fsp3) is 0.400. The molecule has 2 aromatic rings. The molecule has 2 heterocycles. The maximum absolute atomic E-state index is 13.7. The van der Waals surface area contributed by atoms with E-state index in [4.69, 9.17) is 4.74 Å². The SMILES string of the molecule is CC[NH+](CC)CCN1C(=O)C(=O)C(=C([O-])c2c(C)[nH]c(C(=O)OC)c2C)C1c1ccc(F)cc1. The lowest BCUT2D eigenvalue weighted by Crippen LogP contribution is -3.12. The lowest BCUT2D eigenvalue weighted by molar-refractivity contribution is -0.895. The summed E-state index contributed by atoms with van der Waals surface area (Å²) in [5.41, 5.74) is 1.26. The molecule has 0 spiro atoms. The number of benzene rings is 1. The van der Waals surface area contributed by atoms with Crippen LogP contribution in [0, 0.1) is 19.7 Å². The highest BCUT2D eigenvalue weighted by Gasteiger charge is 2.44. The van der Waals surface area contributed by atoms with E-state index < -0.39 is 35.3 Å². The van der Waals surface area contributed by atoms with Crippen molar-refractivity contribution < 1.29 is 33.5 Å². The van der Waals surface area contributed by atoms with E-state index in [1.165, 1.54) is 41.2 Å². The highest BCUT2D eigenvalue weighted by atomic mass is 19.1. The molecule has 1 aliphatic heterocycles. The summed E-state index contributed by atoms with van der Waals surface area (Å²) < 4.78 is 18.4. The molecule has 2 N–H and O–H groups in total. The summed E-state index contributed by atoms with van der Waals surface area (Å²) in [6.07, 6.45) is 0. The van der Waals surface area contributed by atoms with E-state index in [0.717, 1.165) is 13.1 Å². The third kappa shape index (κ3) is 4.48. The van der Waals surface area contributed by atoms with Crippen LogP contribution in [0.15, 0.2) is 29.8 Å². The van der Waals surface area contributed by atoms with Crippen molar-refractivity contribution in [2.75, 3.05) is 33.3 Å². The first-order valence-corrected chi connectivity index (χ1v) is 11.3. The zero-order valence-corrected chi connectivity index (χ0v) is 20.1. The molecule has 0 radical (unpaired) electrons. The van der Waals surface area contributed by atoms with Gasteiger partial charge in [0.15, 0.2) is 0 Å². The first-order chi connectivity index (χ1) is 16.2. The van der Waals surface area contributed by atoms with Gasteiger partial charge in [-0.1, -0.05) is 17.9 Å². The normalized spacial score (nSPS) is 17.6. The third-order valence-corrected chi connectivity index (χ3v) is 6.48. The standard InChI is InChI=1S/C25H30FN3O5/c1-6-28(7-2)12-13-29-21(16-8-10-17(26)11-9-16)19(23(31)24(29)32)22(30)18-14(3)20(25(33)34-5)27-15(18)4/h8-11,21,27,30H,6-7,12-13H2,1-5H3. The van der Waals surface area contributed by atoms with Crippen molar-refractivity contribution in [3.63, 3.8) is 0 Å². The van der Waals surface area contributed by atoms with Crippen molar-refractivity contribution in [2.45, 2.75) is 33.7 Å². The van der Waals surface area contributed by atoms with E-state index in [0.29, 0.717) is 23.4 Å². The topological polar surface area (TPSA) is 107 Å². The van der Waals surface area contributed by atoms with E-state index >= 15 is 0 Å². The second-order valence-electron chi connectivity index (χ2n) is 8.35. The zero-order valence-electron chi connectivity index (χ0n) is 20.1. The van der Waals surface area contributed by atoms with Crippen molar-refractivity contribution in [3.8, 4) is 0 Å². The number of ketones is 1. The lowest BCUT2D eigenvalue weighted by atomic mass is 9.94. The van der Waals surface area contributed by atoms with E-state index in [1.807, 2.05) is 13.8 Å². The van der Waals surface area contributed by atoms with Crippen molar-refractivity contribution >= 4 is 23.4 Å². The van der Waals surface area contributed by atoms with Gasteiger partial charge in [-0.25, -0.2) is 9.18 Å². The molecule has 1 amide bonds. The van der Waals surface area contributed by atoms with Crippen LogP contribution in [0.3, 0.4) is 0 Å². The van der Waals surface area contributed by atoms with Gasteiger partial charge < -0.3 is 24.6 Å². The number of likely N-dealkylation sites (tertiary alicyclic amines) is 1. The number of nitrogens with zero attached hydrogens (tertiary/aromatic N) is 1.